The van der Waals surface area contributed by atoms with Crippen LogP contribution in [0.3, 0.4) is 0 Å². The Balaban J connectivity index is 2.54. The summed E-state index contributed by atoms with van der Waals surface area (Å²) in [4.78, 5) is 11.0. The number of carbonyl (C=O) groups excluding carboxylic acids is 1. The van der Waals surface area contributed by atoms with Crippen LogP contribution in [0.25, 0.3) is 0 Å². The van der Waals surface area contributed by atoms with Gasteiger partial charge in [-0.25, -0.2) is 0 Å². The summed E-state index contributed by atoms with van der Waals surface area (Å²) in [7, 11) is 0. The molecular formula is C11H15NO3. The smallest absolute Gasteiger partial charge is 0.325 e. The number of rotatable bonds is 4. The molecule has 2 N–H and O–H groups in total. The lowest BCUT2D eigenvalue weighted by Gasteiger charge is -2.08. The average Bonchev–Trinajstić information content (AvgIpc) is 2.17. The van der Waals surface area contributed by atoms with Crippen molar-refractivity contribution in [2.24, 2.45) is 0 Å². The van der Waals surface area contributed by atoms with Gasteiger partial charge >= 0.3 is 5.97 Å². The first-order chi connectivity index (χ1) is 7.13. The minimum absolute atomic E-state index is 0.0600. The Morgan fingerprint density at radius 1 is 1.53 bits per heavy atom. The summed E-state index contributed by atoms with van der Waals surface area (Å²) in [6.07, 6.45) is 0. The molecule has 4 heteroatoms. The lowest BCUT2D eigenvalue weighted by atomic mass is 10.2. The molecule has 1 aromatic rings. The van der Waals surface area contributed by atoms with Crippen LogP contribution in [0.5, 0.6) is 5.75 Å². The molecule has 1 rings (SSSR count). The minimum Gasteiger partial charge on any atom is -0.506 e. The maximum atomic E-state index is 11.0. The van der Waals surface area contributed by atoms with Crippen LogP contribution in [0.1, 0.15) is 12.5 Å². The second-order valence-corrected chi connectivity index (χ2v) is 3.18. The van der Waals surface area contributed by atoms with Crippen molar-refractivity contribution >= 4 is 11.7 Å². The van der Waals surface area contributed by atoms with Gasteiger partial charge in [0.25, 0.3) is 0 Å². The van der Waals surface area contributed by atoms with E-state index in [4.69, 9.17) is 4.74 Å². The van der Waals surface area contributed by atoms with Gasteiger partial charge in [0.2, 0.25) is 0 Å². The van der Waals surface area contributed by atoms with Crippen molar-refractivity contribution in [3.8, 4) is 5.75 Å². The second kappa shape index (κ2) is 5.24. The van der Waals surface area contributed by atoms with Crippen LogP contribution >= 0.6 is 0 Å². The Hall–Kier alpha value is -1.71. The molecule has 0 heterocycles. The Labute approximate surface area is 88.9 Å². The third-order valence-corrected chi connectivity index (χ3v) is 1.88. The van der Waals surface area contributed by atoms with Crippen LogP contribution in [-0.2, 0) is 9.53 Å². The largest absolute Gasteiger partial charge is 0.506 e. The molecule has 0 aliphatic carbocycles. The molecule has 0 spiro atoms. The summed E-state index contributed by atoms with van der Waals surface area (Å²) < 4.78 is 4.74. The minimum atomic E-state index is -0.336. The van der Waals surface area contributed by atoms with Crippen LogP contribution in [0.2, 0.25) is 0 Å². The van der Waals surface area contributed by atoms with Gasteiger partial charge in [-0.05, 0) is 31.5 Å². The van der Waals surface area contributed by atoms with Crippen molar-refractivity contribution in [3.63, 3.8) is 0 Å². The quantitative estimate of drug-likeness (QED) is 0.585. The molecule has 0 unspecified atom stereocenters. The molecule has 0 aromatic heterocycles. The summed E-state index contributed by atoms with van der Waals surface area (Å²) >= 11 is 0. The van der Waals surface area contributed by atoms with Crippen LogP contribution in [0.4, 0.5) is 5.69 Å². The van der Waals surface area contributed by atoms with Gasteiger partial charge in [-0.15, -0.1) is 0 Å². The van der Waals surface area contributed by atoms with E-state index in [1.807, 2.05) is 13.0 Å². The van der Waals surface area contributed by atoms with E-state index in [2.05, 4.69) is 5.32 Å². The highest BCUT2D eigenvalue weighted by Gasteiger charge is 2.04. The number of nitrogens with one attached hydrogen (secondary N) is 1. The number of benzene rings is 1. The van der Waals surface area contributed by atoms with Crippen LogP contribution in [0.15, 0.2) is 18.2 Å². The van der Waals surface area contributed by atoms with E-state index in [1.54, 1.807) is 19.1 Å². The van der Waals surface area contributed by atoms with Gasteiger partial charge in [-0.3, -0.25) is 4.79 Å². The molecule has 0 radical (unpaired) electrons. The monoisotopic (exact) mass is 209 g/mol. The summed E-state index contributed by atoms with van der Waals surface area (Å²) in [6, 6.07) is 5.21. The number of phenolic OH excluding ortho intramolecular Hbond substituents is 1. The molecular weight excluding hydrogens is 194 g/mol. The van der Waals surface area contributed by atoms with Gasteiger partial charge in [0.15, 0.2) is 0 Å². The number of aromatic hydroxyl groups is 1. The zero-order valence-electron chi connectivity index (χ0n) is 8.91. The third kappa shape index (κ3) is 3.50. The lowest BCUT2D eigenvalue weighted by Crippen LogP contribution is -2.16. The molecule has 0 aliphatic heterocycles. The van der Waals surface area contributed by atoms with Gasteiger partial charge in [-0.1, -0.05) is 6.07 Å². The molecule has 15 heavy (non-hydrogen) atoms. The summed E-state index contributed by atoms with van der Waals surface area (Å²) in [5, 5.41) is 12.3. The summed E-state index contributed by atoms with van der Waals surface area (Å²) in [5.74, 6) is -0.197. The fourth-order valence-electron chi connectivity index (χ4n) is 1.17. The van der Waals surface area contributed by atoms with E-state index in [0.29, 0.717) is 12.3 Å². The van der Waals surface area contributed by atoms with E-state index >= 15 is 0 Å². The zero-order valence-corrected chi connectivity index (χ0v) is 8.91. The molecule has 0 fully saturated rings. The van der Waals surface area contributed by atoms with E-state index in [0.717, 1.165) is 5.56 Å². The normalized spacial score (nSPS) is 9.73. The Bertz CT molecular complexity index is 350. The zero-order chi connectivity index (χ0) is 11.3. The first-order valence-electron chi connectivity index (χ1n) is 4.82. The van der Waals surface area contributed by atoms with Crippen molar-refractivity contribution in [3.05, 3.63) is 23.8 Å². The maximum Gasteiger partial charge on any atom is 0.325 e. The average molecular weight is 209 g/mol. The summed E-state index contributed by atoms with van der Waals surface area (Å²) in [6.45, 7) is 4.06. The number of phenols is 1. The first kappa shape index (κ1) is 11.4. The highest BCUT2D eigenvalue weighted by molar-refractivity contribution is 5.75. The van der Waals surface area contributed by atoms with Gasteiger partial charge in [-0.2, -0.15) is 0 Å². The van der Waals surface area contributed by atoms with Crippen LogP contribution in [0, 0.1) is 6.92 Å². The summed E-state index contributed by atoms with van der Waals surface area (Å²) in [5.41, 5.74) is 1.50. The van der Waals surface area contributed by atoms with Crippen LogP contribution in [-0.4, -0.2) is 24.2 Å². The van der Waals surface area contributed by atoms with Crippen LogP contribution < -0.4 is 5.32 Å². The SMILES string of the molecule is CCOC(=O)CNc1ccc(C)cc1O. The predicted octanol–water partition coefficient (Wildman–Crippen LogP) is 1.68. The molecule has 82 valence electrons. The van der Waals surface area contributed by atoms with Gasteiger partial charge < -0.3 is 15.2 Å². The van der Waals surface area contributed by atoms with E-state index in [1.165, 1.54) is 0 Å². The van der Waals surface area contributed by atoms with Gasteiger partial charge in [0, 0.05) is 0 Å². The number of hydrogen-bond acceptors (Lipinski definition) is 4. The second-order valence-electron chi connectivity index (χ2n) is 3.18. The third-order valence-electron chi connectivity index (χ3n) is 1.88. The molecule has 0 amide bonds. The fraction of sp³-hybridized carbons (Fsp3) is 0.364. The van der Waals surface area contributed by atoms with E-state index in [9.17, 15) is 9.90 Å². The number of aryl methyl sites for hydroxylation is 1. The van der Waals surface area contributed by atoms with E-state index in [-0.39, 0.29) is 18.3 Å². The van der Waals surface area contributed by atoms with E-state index < -0.39 is 0 Å². The maximum absolute atomic E-state index is 11.0. The Morgan fingerprint density at radius 3 is 2.87 bits per heavy atom. The number of ether oxygens (including phenoxy) is 1. The molecule has 4 nitrogen and oxygen atoms in total. The number of anilines is 1. The number of hydrogen-bond donors (Lipinski definition) is 2. The van der Waals surface area contributed by atoms with Crippen molar-refractivity contribution in [2.75, 3.05) is 18.5 Å². The van der Waals surface area contributed by atoms with Crippen molar-refractivity contribution in [1.29, 1.82) is 0 Å². The van der Waals surface area contributed by atoms with Crippen molar-refractivity contribution < 1.29 is 14.6 Å². The molecule has 0 saturated carbocycles. The molecule has 0 atom stereocenters. The Morgan fingerprint density at radius 2 is 2.27 bits per heavy atom. The molecule has 1 aromatic carbocycles. The number of esters is 1. The molecule has 0 bridgehead atoms. The molecule has 0 saturated heterocycles. The highest BCUT2D eigenvalue weighted by Crippen LogP contribution is 2.23. The van der Waals surface area contributed by atoms with Gasteiger partial charge in [0.1, 0.15) is 12.3 Å². The van der Waals surface area contributed by atoms with Crippen molar-refractivity contribution in [1.82, 2.24) is 0 Å². The lowest BCUT2D eigenvalue weighted by molar-refractivity contribution is -0.140. The first-order valence-corrected chi connectivity index (χ1v) is 4.82. The predicted molar refractivity (Wildman–Crippen MR) is 58.0 cm³/mol. The number of carbonyl (C=O) groups is 1. The van der Waals surface area contributed by atoms with Gasteiger partial charge in [0.05, 0.1) is 12.3 Å². The highest BCUT2D eigenvalue weighted by atomic mass is 16.5. The standard InChI is InChI=1S/C11H15NO3/c1-3-15-11(14)7-12-9-5-4-8(2)6-10(9)13/h4-6,12-13H,3,7H2,1-2H3. The fourth-order valence-corrected chi connectivity index (χ4v) is 1.17. The molecule has 0 aliphatic rings. The van der Waals surface area contributed by atoms with Crippen molar-refractivity contribution in [2.45, 2.75) is 13.8 Å². The topological polar surface area (TPSA) is 58.6 Å². The Kier molecular flexibility index (Phi) is 3.97.